The van der Waals surface area contributed by atoms with Gasteiger partial charge in [-0.1, -0.05) is 43.7 Å². The van der Waals surface area contributed by atoms with E-state index in [4.69, 9.17) is 0 Å². The molecule has 0 saturated carbocycles. The van der Waals surface area contributed by atoms with E-state index in [0.29, 0.717) is 17.5 Å². The number of H-pyrrole nitrogens is 1. The van der Waals surface area contributed by atoms with Gasteiger partial charge in [-0.3, -0.25) is 9.89 Å². The van der Waals surface area contributed by atoms with Crippen LogP contribution in [0.3, 0.4) is 0 Å². The van der Waals surface area contributed by atoms with Gasteiger partial charge >= 0.3 is 0 Å². The number of hydrogen-bond acceptors (Lipinski definition) is 2. The van der Waals surface area contributed by atoms with Crippen LogP contribution in [0.25, 0.3) is 11.3 Å². The summed E-state index contributed by atoms with van der Waals surface area (Å²) in [4.78, 5) is 14.6. The second-order valence-corrected chi connectivity index (χ2v) is 6.69. The van der Waals surface area contributed by atoms with Gasteiger partial charge in [0.25, 0.3) is 5.91 Å². The van der Waals surface area contributed by atoms with Crippen molar-refractivity contribution in [2.75, 3.05) is 13.1 Å². The number of piperidine rings is 1. The van der Waals surface area contributed by atoms with E-state index >= 15 is 0 Å². The van der Waals surface area contributed by atoms with E-state index in [1.807, 2.05) is 23.1 Å². The van der Waals surface area contributed by atoms with Crippen LogP contribution in [-0.2, 0) is 0 Å². The standard InChI is InChI=1S/C18H23N3O/c1-12-4-6-15(7-5-12)16-9-17(20-19-16)18(22)21-10-13(2)8-14(3)11-21/h4-7,9,13-14H,8,10-11H2,1-3H3,(H,19,20). The zero-order chi connectivity index (χ0) is 15.7. The molecule has 2 aromatic rings. The number of amides is 1. The summed E-state index contributed by atoms with van der Waals surface area (Å²) in [6.07, 6.45) is 1.20. The number of aromatic nitrogens is 2. The van der Waals surface area contributed by atoms with Gasteiger partial charge in [0, 0.05) is 18.7 Å². The topological polar surface area (TPSA) is 49.0 Å². The normalized spacial score (nSPS) is 21.9. The van der Waals surface area contributed by atoms with Crippen molar-refractivity contribution in [1.82, 2.24) is 15.1 Å². The van der Waals surface area contributed by atoms with Crippen LogP contribution < -0.4 is 0 Å². The van der Waals surface area contributed by atoms with Gasteiger partial charge in [-0.25, -0.2) is 0 Å². The third kappa shape index (κ3) is 3.06. The molecule has 2 unspecified atom stereocenters. The number of carbonyl (C=O) groups excluding carboxylic acids is 1. The lowest BCUT2D eigenvalue weighted by Gasteiger charge is -2.34. The third-order valence-corrected chi connectivity index (χ3v) is 4.31. The molecule has 0 radical (unpaired) electrons. The SMILES string of the molecule is Cc1ccc(-c2cc(C(=O)N3CC(C)CC(C)C3)[nH]n2)cc1. The first-order chi connectivity index (χ1) is 10.5. The fourth-order valence-electron chi connectivity index (χ4n) is 3.30. The Balaban J connectivity index is 1.78. The zero-order valence-corrected chi connectivity index (χ0v) is 13.5. The number of likely N-dealkylation sites (tertiary alicyclic amines) is 1. The lowest BCUT2D eigenvalue weighted by atomic mass is 9.92. The van der Waals surface area contributed by atoms with Crippen LogP contribution in [-0.4, -0.2) is 34.1 Å². The summed E-state index contributed by atoms with van der Waals surface area (Å²) in [5, 5.41) is 7.20. The van der Waals surface area contributed by atoms with Gasteiger partial charge < -0.3 is 4.90 Å². The number of nitrogens with zero attached hydrogens (tertiary/aromatic N) is 2. The van der Waals surface area contributed by atoms with Crippen molar-refractivity contribution >= 4 is 5.91 Å². The Morgan fingerprint density at radius 3 is 2.45 bits per heavy atom. The van der Waals surface area contributed by atoms with Crippen LogP contribution in [0.15, 0.2) is 30.3 Å². The van der Waals surface area contributed by atoms with Crippen molar-refractivity contribution in [1.29, 1.82) is 0 Å². The Morgan fingerprint density at radius 2 is 1.82 bits per heavy atom. The van der Waals surface area contributed by atoms with Gasteiger partial charge in [-0.15, -0.1) is 0 Å². The largest absolute Gasteiger partial charge is 0.337 e. The van der Waals surface area contributed by atoms with Crippen LogP contribution in [0.4, 0.5) is 0 Å². The molecular weight excluding hydrogens is 274 g/mol. The highest BCUT2D eigenvalue weighted by Gasteiger charge is 2.27. The first kappa shape index (κ1) is 14.8. The minimum absolute atomic E-state index is 0.0595. The maximum atomic E-state index is 12.6. The minimum atomic E-state index is 0.0595. The fraction of sp³-hybridized carbons (Fsp3) is 0.444. The van der Waals surface area contributed by atoms with Crippen LogP contribution in [0, 0.1) is 18.8 Å². The number of nitrogens with one attached hydrogen (secondary N) is 1. The highest BCUT2D eigenvalue weighted by molar-refractivity contribution is 5.93. The van der Waals surface area contributed by atoms with Crippen molar-refractivity contribution in [2.24, 2.45) is 11.8 Å². The fourth-order valence-corrected chi connectivity index (χ4v) is 3.30. The maximum absolute atomic E-state index is 12.6. The monoisotopic (exact) mass is 297 g/mol. The highest BCUT2D eigenvalue weighted by atomic mass is 16.2. The summed E-state index contributed by atoms with van der Waals surface area (Å²) < 4.78 is 0. The number of carbonyl (C=O) groups is 1. The molecule has 0 bridgehead atoms. The minimum Gasteiger partial charge on any atom is -0.337 e. The van der Waals surface area contributed by atoms with Gasteiger partial charge in [-0.2, -0.15) is 5.10 Å². The van der Waals surface area contributed by atoms with Gasteiger partial charge in [0.1, 0.15) is 5.69 Å². The molecule has 1 aromatic heterocycles. The molecule has 1 N–H and O–H groups in total. The molecule has 2 atom stereocenters. The molecule has 0 aliphatic carbocycles. The number of benzene rings is 1. The molecule has 1 aliphatic heterocycles. The van der Waals surface area contributed by atoms with E-state index < -0.39 is 0 Å². The molecule has 4 heteroatoms. The lowest BCUT2D eigenvalue weighted by molar-refractivity contribution is 0.0617. The van der Waals surface area contributed by atoms with E-state index in [1.54, 1.807) is 0 Å². The Hall–Kier alpha value is -2.10. The van der Waals surface area contributed by atoms with Crippen LogP contribution in [0.1, 0.15) is 36.3 Å². The molecule has 116 valence electrons. The van der Waals surface area contributed by atoms with E-state index in [1.165, 1.54) is 12.0 Å². The van der Waals surface area contributed by atoms with Gasteiger partial charge in [0.2, 0.25) is 0 Å². The van der Waals surface area contributed by atoms with E-state index in [9.17, 15) is 4.79 Å². The third-order valence-electron chi connectivity index (χ3n) is 4.31. The molecular formula is C18H23N3O. The molecule has 1 saturated heterocycles. The Labute approximate surface area is 131 Å². The lowest BCUT2D eigenvalue weighted by Crippen LogP contribution is -2.42. The molecule has 1 fully saturated rings. The second kappa shape index (κ2) is 5.95. The van der Waals surface area contributed by atoms with Gasteiger partial charge in [0.15, 0.2) is 0 Å². The van der Waals surface area contributed by atoms with Crippen molar-refractivity contribution in [3.8, 4) is 11.3 Å². The maximum Gasteiger partial charge on any atom is 0.271 e. The first-order valence-corrected chi connectivity index (χ1v) is 7.94. The first-order valence-electron chi connectivity index (χ1n) is 7.94. The smallest absolute Gasteiger partial charge is 0.271 e. The van der Waals surface area contributed by atoms with Gasteiger partial charge in [0.05, 0.1) is 5.69 Å². The number of hydrogen-bond donors (Lipinski definition) is 1. The van der Waals surface area contributed by atoms with Gasteiger partial charge in [-0.05, 0) is 31.2 Å². The molecule has 1 amide bonds. The average molecular weight is 297 g/mol. The zero-order valence-electron chi connectivity index (χ0n) is 13.5. The van der Waals surface area contributed by atoms with Crippen molar-refractivity contribution in [3.63, 3.8) is 0 Å². The van der Waals surface area contributed by atoms with E-state index in [2.05, 4.69) is 43.1 Å². The van der Waals surface area contributed by atoms with E-state index in [0.717, 1.165) is 24.3 Å². The number of aryl methyl sites for hydroxylation is 1. The van der Waals surface area contributed by atoms with Crippen molar-refractivity contribution in [3.05, 3.63) is 41.6 Å². The molecule has 0 spiro atoms. The summed E-state index contributed by atoms with van der Waals surface area (Å²) in [6, 6.07) is 10.0. The quantitative estimate of drug-likeness (QED) is 0.922. The highest BCUT2D eigenvalue weighted by Crippen LogP contribution is 2.23. The predicted octanol–water partition coefficient (Wildman–Crippen LogP) is 3.50. The summed E-state index contributed by atoms with van der Waals surface area (Å²) in [5.41, 5.74) is 3.64. The van der Waals surface area contributed by atoms with Crippen molar-refractivity contribution in [2.45, 2.75) is 27.2 Å². The predicted molar refractivity (Wildman–Crippen MR) is 87.6 cm³/mol. The van der Waals surface area contributed by atoms with Crippen LogP contribution in [0.5, 0.6) is 0 Å². The van der Waals surface area contributed by atoms with Crippen molar-refractivity contribution < 1.29 is 4.79 Å². The summed E-state index contributed by atoms with van der Waals surface area (Å²) in [6.45, 7) is 8.15. The molecule has 22 heavy (non-hydrogen) atoms. The Morgan fingerprint density at radius 1 is 1.18 bits per heavy atom. The molecule has 1 aromatic carbocycles. The Bertz CT molecular complexity index is 649. The summed E-state index contributed by atoms with van der Waals surface area (Å²) in [5.74, 6) is 1.18. The molecule has 2 heterocycles. The average Bonchev–Trinajstić information content (AvgIpc) is 2.96. The molecule has 4 nitrogen and oxygen atoms in total. The second-order valence-electron chi connectivity index (χ2n) is 6.69. The Kier molecular flexibility index (Phi) is 4.01. The van der Waals surface area contributed by atoms with Crippen LogP contribution in [0.2, 0.25) is 0 Å². The number of rotatable bonds is 2. The van der Waals surface area contributed by atoms with Crippen LogP contribution >= 0.6 is 0 Å². The van der Waals surface area contributed by atoms with E-state index in [-0.39, 0.29) is 5.91 Å². The summed E-state index contributed by atoms with van der Waals surface area (Å²) in [7, 11) is 0. The number of aromatic amines is 1. The molecule has 3 rings (SSSR count). The molecule has 1 aliphatic rings. The summed E-state index contributed by atoms with van der Waals surface area (Å²) >= 11 is 0.